The number of aromatic nitrogens is 2. The number of hydrogen-bond acceptors (Lipinski definition) is 5. The van der Waals surface area contributed by atoms with Gasteiger partial charge in [-0.2, -0.15) is 0 Å². The van der Waals surface area contributed by atoms with E-state index in [1.165, 1.54) is 11.8 Å². The largest absolute Gasteiger partial charge is 0.494 e. The first-order chi connectivity index (χ1) is 13.1. The van der Waals surface area contributed by atoms with Gasteiger partial charge in [-0.3, -0.25) is 14.2 Å². The Morgan fingerprint density at radius 1 is 1.15 bits per heavy atom. The Labute approximate surface area is 161 Å². The van der Waals surface area contributed by atoms with Crippen LogP contribution >= 0.6 is 11.8 Å². The van der Waals surface area contributed by atoms with Gasteiger partial charge >= 0.3 is 0 Å². The Balaban J connectivity index is 1.70. The fourth-order valence-corrected chi connectivity index (χ4v) is 3.53. The minimum atomic E-state index is -0.158. The molecule has 0 bridgehead atoms. The van der Waals surface area contributed by atoms with E-state index in [9.17, 15) is 9.59 Å². The normalized spacial score (nSPS) is 10.7. The number of para-hydroxylation sites is 1. The van der Waals surface area contributed by atoms with Crippen LogP contribution in [0.2, 0.25) is 0 Å². The van der Waals surface area contributed by atoms with Crippen molar-refractivity contribution in [3.05, 3.63) is 58.9 Å². The summed E-state index contributed by atoms with van der Waals surface area (Å²) in [7, 11) is 0. The summed E-state index contributed by atoms with van der Waals surface area (Å²) >= 11 is 1.25. The quantitative estimate of drug-likeness (QED) is 0.499. The van der Waals surface area contributed by atoms with Crippen LogP contribution in [0.5, 0.6) is 5.75 Å². The van der Waals surface area contributed by atoms with Gasteiger partial charge in [0.15, 0.2) is 5.16 Å². The standard InChI is InChI=1S/C20H21N3O3S/c1-3-23-19(25)16-7-5-6-8-17(16)22-20(23)27-13-18(24)21-14-9-11-15(12-10-14)26-4-2/h5-12H,3-4,13H2,1-2H3,(H,21,24). The Morgan fingerprint density at radius 3 is 2.59 bits per heavy atom. The number of carbonyl (C=O) groups excluding carboxylic acids is 1. The highest BCUT2D eigenvalue weighted by Crippen LogP contribution is 2.19. The van der Waals surface area contributed by atoms with Crippen molar-refractivity contribution in [1.82, 2.24) is 9.55 Å². The molecule has 0 aliphatic carbocycles. The number of nitrogens with one attached hydrogen (secondary N) is 1. The lowest BCUT2D eigenvalue weighted by atomic mass is 10.2. The first-order valence-electron chi connectivity index (χ1n) is 8.77. The van der Waals surface area contributed by atoms with Crippen molar-refractivity contribution < 1.29 is 9.53 Å². The highest BCUT2D eigenvalue weighted by molar-refractivity contribution is 7.99. The second-order valence-corrected chi connectivity index (χ2v) is 6.70. The number of anilines is 1. The number of thioether (sulfide) groups is 1. The van der Waals surface area contributed by atoms with Crippen LogP contribution < -0.4 is 15.6 Å². The van der Waals surface area contributed by atoms with Gasteiger partial charge in [0.05, 0.1) is 23.3 Å². The third-order valence-corrected chi connectivity index (χ3v) is 4.90. The lowest BCUT2D eigenvalue weighted by Crippen LogP contribution is -2.23. The van der Waals surface area contributed by atoms with Crippen molar-refractivity contribution >= 4 is 34.3 Å². The molecule has 0 atom stereocenters. The van der Waals surface area contributed by atoms with E-state index < -0.39 is 0 Å². The first-order valence-corrected chi connectivity index (χ1v) is 9.76. The summed E-state index contributed by atoms with van der Waals surface area (Å²) in [4.78, 5) is 29.4. The van der Waals surface area contributed by atoms with Crippen LogP contribution in [0.3, 0.4) is 0 Å². The number of hydrogen-bond donors (Lipinski definition) is 1. The molecule has 2 aromatic carbocycles. The van der Waals surface area contributed by atoms with E-state index in [4.69, 9.17) is 4.74 Å². The molecule has 1 amide bonds. The van der Waals surface area contributed by atoms with E-state index in [-0.39, 0.29) is 17.2 Å². The summed E-state index contributed by atoms with van der Waals surface area (Å²) < 4.78 is 6.98. The molecule has 0 saturated carbocycles. The van der Waals surface area contributed by atoms with Gasteiger partial charge < -0.3 is 10.1 Å². The van der Waals surface area contributed by atoms with Gasteiger partial charge in [-0.25, -0.2) is 4.98 Å². The van der Waals surface area contributed by atoms with E-state index in [1.807, 2.05) is 38.1 Å². The highest BCUT2D eigenvalue weighted by Gasteiger charge is 2.12. The highest BCUT2D eigenvalue weighted by atomic mass is 32.2. The molecule has 3 rings (SSSR count). The maximum absolute atomic E-state index is 12.6. The summed E-state index contributed by atoms with van der Waals surface area (Å²) in [6.45, 7) is 4.91. The van der Waals surface area contributed by atoms with Crippen molar-refractivity contribution in [2.45, 2.75) is 25.5 Å². The number of carbonyl (C=O) groups is 1. The average Bonchev–Trinajstić information content (AvgIpc) is 2.68. The van der Waals surface area contributed by atoms with Gasteiger partial charge in [0.1, 0.15) is 5.75 Å². The lowest BCUT2D eigenvalue weighted by Gasteiger charge is -2.11. The van der Waals surface area contributed by atoms with Crippen LogP contribution in [0.1, 0.15) is 13.8 Å². The van der Waals surface area contributed by atoms with Crippen molar-refractivity contribution in [2.75, 3.05) is 17.7 Å². The number of rotatable bonds is 7. The van der Waals surface area contributed by atoms with Gasteiger partial charge in [0.2, 0.25) is 5.91 Å². The number of benzene rings is 2. The molecule has 6 nitrogen and oxygen atoms in total. The van der Waals surface area contributed by atoms with Crippen LogP contribution in [0, 0.1) is 0 Å². The second-order valence-electron chi connectivity index (χ2n) is 5.76. The minimum Gasteiger partial charge on any atom is -0.494 e. The fraction of sp³-hybridized carbons (Fsp3) is 0.250. The molecule has 0 radical (unpaired) electrons. The fourth-order valence-electron chi connectivity index (χ4n) is 2.67. The first kappa shape index (κ1) is 19.0. The zero-order chi connectivity index (χ0) is 19.2. The van der Waals surface area contributed by atoms with Crippen LogP contribution in [0.4, 0.5) is 5.69 Å². The maximum atomic E-state index is 12.6. The van der Waals surface area contributed by atoms with E-state index in [0.717, 1.165) is 5.75 Å². The second kappa shape index (κ2) is 8.73. The third kappa shape index (κ3) is 4.49. The number of ether oxygens (including phenoxy) is 1. The van der Waals surface area contributed by atoms with E-state index in [1.54, 1.807) is 28.8 Å². The summed E-state index contributed by atoms with van der Waals surface area (Å²) in [6, 6.07) is 14.5. The van der Waals surface area contributed by atoms with Gasteiger partial charge in [-0.05, 0) is 50.2 Å². The van der Waals surface area contributed by atoms with Crippen LogP contribution in [0.25, 0.3) is 10.9 Å². The Morgan fingerprint density at radius 2 is 1.89 bits per heavy atom. The number of amides is 1. The van der Waals surface area contributed by atoms with Crippen LogP contribution in [0.15, 0.2) is 58.5 Å². The molecule has 1 heterocycles. The molecule has 0 aliphatic rings. The Bertz CT molecular complexity index is 1000. The minimum absolute atomic E-state index is 0.0856. The molecule has 0 aliphatic heterocycles. The maximum Gasteiger partial charge on any atom is 0.262 e. The van der Waals surface area contributed by atoms with E-state index in [2.05, 4.69) is 10.3 Å². The van der Waals surface area contributed by atoms with Gasteiger partial charge in [0, 0.05) is 12.2 Å². The lowest BCUT2D eigenvalue weighted by molar-refractivity contribution is -0.113. The smallest absolute Gasteiger partial charge is 0.262 e. The molecule has 140 valence electrons. The Hall–Kier alpha value is -2.80. The Kier molecular flexibility index (Phi) is 6.13. The number of nitrogens with zero attached hydrogens (tertiary/aromatic N) is 2. The summed E-state index contributed by atoms with van der Waals surface area (Å²) in [6.07, 6.45) is 0. The average molecular weight is 383 g/mol. The van der Waals surface area contributed by atoms with Crippen LogP contribution in [-0.2, 0) is 11.3 Å². The van der Waals surface area contributed by atoms with Gasteiger partial charge in [-0.1, -0.05) is 23.9 Å². The summed E-state index contributed by atoms with van der Waals surface area (Å²) in [5.41, 5.74) is 1.25. The SMILES string of the molecule is CCOc1ccc(NC(=O)CSc2nc3ccccc3c(=O)n2CC)cc1. The molecule has 0 spiro atoms. The molecule has 7 heteroatoms. The molecule has 0 saturated heterocycles. The van der Waals surface area contributed by atoms with Crippen molar-refractivity contribution in [3.63, 3.8) is 0 Å². The van der Waals surface area contributed by atoms with Gasteiger partial charge in [0.25, 0.3) is 5.56 Å². The monoisotopic (exact) mass is 383 g/mol. The molecule has 0 fully saturated rings. The summed E-state index contributed by atoms with van der Waals surface area (Å²) in [5, 5.41) is 3.97. The zero-order valence-corrected chi connectivity index (χ0v) is 16.1. The zero-order valence-electron chi connectivity index (χ0n) is 15.3. The van der Waals surface area contributed by atoms with Crippen molar-refractivity contribution in [1.29, 1.82) is 0 Å². The topological polar surface area (TPSA) is 73.2 Å². The van der Waals surface area contributed by atoms with Crippen molar-refractivity contribution in [2.24, 2.45) is 0 Å². The predicted octanol–water partition coefficient (Wildman–Crippen LogP) is 3.55. The van der Waals surface area contributed by atoms with Crippen molar-refractivity contribution in [3.8, 4) is 5.75 Å². The summed E-state index contributed by atoms with van der Waals surface area (Å²) in [5.74, 6) is 0.768. The molecular formula is C20H21N3O3S. The third-order valence-electron chi connectivity index (χ3n) is 3.92. The predicted molar refractivity (Wildman–Crippen MR) is 109 cm³/mol. The molecule has 1 N–H and O–H groups in total. The molecular weight excluding hydrogens is 362 g/mol. The molecule has 1 aromatic heterocycles. The van der Waals surface area contributed by atoms with E-state index in [0.29, 0.717) is 34.9 Å². The van der Waals surface area contributed by atoms with Crippen LogP contribution in [-0.4, -0.2) is 27.8 Å². The molecule has 3 aromatic rings. The molecule has 27 heavy (non-hydrogen) atoms. The molecule has 0 unspecified atom stereocenters. The number of fused-ring (bicyclic) bond motifs is 1. The van der Waals surface area contributed by atoms with Gasteiger partial charge in [-0.15, -0.1) is 0 Å². The van der Waals surface area contributed by atoms with E-state index >= 15 is 0 Å².